The average molecular weight is 277 g/mol. The maximum atomic E-state index is 12.0. The zero-order chi connectivity index (χ0) is 14.7. The minimum absolute atomic E-state index is 0.363. The molecule has 1 aliphatic carbocycles. The van der Waals surface area contributed by atoms with Crippen molar-refractivity contribution in [3.8, 4) is 0 Å². The summed E-state index contributed by atoms with van der Waals surface area (Å²) in [5.41, 5.74) is 2.67. The quantitative estimate of drug-likeness (QED) is 0.739. The summed E-state index contributed by atoms with van der Waals surface area (Å²) in [5.74, 6) is -3.19. The van der Waals surface area contributed by atoms with Crippen molar-refractivity contribution in [2.45, 2.75) is 31.7 Å². The Morgan fingerprint density at radius 1 is 1.15 bits per heavy atom. The van der Waals surface area contributed by atoms with Crippen LogP contribution in [0.25, 0.3) is 0 Å². The number of nitrogens with one attached hydrogen (secondary N) is 1. The van der Waals surface area contributed by atoms with E-state index in [0.717, 1.165) is 24.8 Å². The lowest BCUT2D eigenvalue weighted by Gasteiger charge is -2.13. The zero-order valence-electron chi connectivity index (χ0n) is 10.8. The van der Waals surface area contributed by atoms with Gasteiger partial charge in [0.25, 0.3) is 5.91 Å². The van der Waals surface area contributed by atoms with Gasteiger partial charge in [-0.1, -0.05) is 6.07 Å². The standard InChI is InChI=1S/C14H15NO5/c16-12(17)7-11(14(19)20)15-13(18)10-5-4-8-2-1-3-9(8)6-10/h4-6,11H,1-3,7H2,(H,15,18)(H,16,17)(H,19,20)/t11-/m0/s1. The van der Waals surface area contributed by atoms with E-state index >= 15 is 0 Å². The highest BCUT2D eigenvalue weighted by Crippen LogP contribution is 2.22. The fourth-order valence-corrected chi connectivity index (χ4v) is 2.33. The highest BCUT2D eigenvalue weighted by atomic mass is 16.4. The summed E-state index contributed by atoms with van der Waals surface area (Å²) in [6, 6.07) is 3.83. The maximum Gasteiger partial charge on any atom is 0.326 e. The van der Waals surface area contributed by atoms with Crippen molar-refractivity contribution in [1.82, 2.24) is 5.32 Å². The molecule has 0 radical (unpaired) electrons. The third-order valence-electron chi connectivity index (χ3n) is 3.34. The van der Waals surface area contributed by atoms with Crippen LogP contribution in [-0.2, 0) is 22.4 Å². The van der Waals surface area contributed by atoms with E-state index in [1.807, 2.05) is 6.07 Å². The Kier molecular flexibility index (Phi) is 4.02. The predicted octanol–water partition coefficient (Wildman–Crippen LogP) is 0.833. The van der Waals surface area contributed by atoms with Crippen LogP contribution >= 0.6 is 0 Å². The van der Waals surface area contributed by atoms with Crippen LogP contribution in [0.5, 0.6) is 0 Å². The molecule has 106 valence electrons. The molecular weight excluding hydrogens is 262 g/mol. The second-order valence-corrected chi connectivity index (χ2v) is 4.80. The first kappa shape index (κ1) is 14.0. The number of carboxylic acids is 2. The SMILES string of the molecule is O=C(O)C[C@H](NC(=O)c1ccc2c(c1)CCC2)C(=O)O. The Morgan fingerprint density at radius 3 is 2.50 bits per heavy atom. The topological polar surface area (TPSA) is 104 Å². The normalized spacial score (nSPS) is 14.4. The van der Waals surface area contributed by atoms with Crippen molar-refractivity contribution in [2.24, 2.45) is 0 Å². The minimum Gasteiger partial charge on any atom is -0.481 e. The van der Waals surface area contributed by atoms with Gasteiger partial charge in [-0.15, -0.1) is 0 Å². The summed E-state index contributed by atoms with van der Waals surface area (Å²) in [5, 5.41) is 19.8. The molecule has 0 aliphatic heterocycles. The number of amides is 1. The van der Waals surface area contributed by atoms with Crippen LogP contribution in [0.1, 0.15) is 34.3 Å². The molecule has 1 amide bonds. The Labute approximate surface area is 115 Å². The number of benzene rings is 1. The van der Waals surface area contributed by atoms with Gasteiger partial charge < -0.3 is 15.5 Å². The fourth-order valence-electron chi connectivity index (χ4n) is 2.33. The van der Waals surface area contributed by atoms with Crippen LogP contribution in [0.3, 0.4) is 0 Å². The number of hydrogen-bond acceptors (Lipinski definition) is 3. The molecule has 20 heavy (non-hydrogen) atoms. The molecule has 1 aromatic rings. The Balaban J connectivity index is 2.10. The molecule has 0 saturated carbocycles. The molecule has 1 atom stereocenters. The molecule has 0 unspecified atom stereocenters. The Hall–Kier alpha value is -2.37. The van der Waals surface area contributed by atoms with Gasteiger partial charge in [0.1, 0.15) is 6.04 Å². The number of fused-ring (bicyclic) bond motifs is 1. The van der Waals surface area contributed by atoms with E-state index in [2.05, 4.69) is 5.32 Å². The van der Waals surface area contributed by atoms with E-state index in [-0.39, 0.29) is 0 Å². The van der Waals surface area contributed by atoms with Crippen molar-refractivity contribution < 1.29 is 24.6 Å². The van der Waals surface area contributed by atoms with Gasteiger partial charge in [0.15, 0.2) is 0 Å². The molecule has 6 nitrogen and oxygen atoms in total. The van der Waals surface area contributed by atoms with Crippen molar-refractivity contribution >= 4 is 17.8 Å². The smallest absolute Gasteiger partial charge is 0.326 e. The number of aryl methyl sites for hydroxylation is 2. The lowest BCUT2D eigenvalue weighted by Crippen LogP contribution is -2.42. The van der Waals surface area contributed by atoms with Crippen molar-refractivity contribution in [3.63, 3.8) is 0 Å². The van der Waals surface area contributed by atoms with Gasteiger partial charge in [-0.2, -0.15) is 0 Å². The molecule has 1 aliphatic rings. The largest absolute Gasteiger partial charge is 0.481 e. The van der Waals surface area contributed by atoms with Crippen LogP contribution in [0.15, 0.2) is 18.2 Å². The molecule has 1 aromatic carbocycles. The Morgan fingerprint density at radius 2 is 1.85 bits per heavy atom. The number of aliphatic carboxylic acids is 2. The van der Waals surface area contributed by atoms with Crippen LogP contribution in [-0.4, -0.2) is 34.1 Å². The number of carbonyl (C=O) groups excluding carboxylic acids is 1. The molecule has 0 aromatic heterocycles. The van der Waals surface area contributed by atoms with Crippen molar-refractivity contribution in [2.75, 3.05) is 0 Å². The van der Waals surface area contributed by atoms with Gasteiger partial charge in [-0.05, 0) is 42.5 Å². The first-order valence-electron chi connectivity index (χ1n) is 6.34. The second kappa shape index (κ2) is 5.73. The Bertz CT molecular complexity index is 567. The first-order valence-corrected chi connectivity index (χ1v) is 6.34. The monoisotopic (exact) mass is 277 g/mol. The summed E-state index contributed by atoms with van der Waals surface area (Å²) >= 11 is 0. The van der Waals surface area contributed by atoms with Crippen molar-refractivity contribution in [1.29, 1.82) is 0 Å². The summed E-state index contributed by atoms with van der Waals surface area (Å²) in [6.07, 6.45) is 2.31. The van der Waals surface area contributed by atoms with E-state index < -0.39 is 30.3 Å². The van der Waals surface area contributed by atoms with Gasteiger partial charge >= 0.3 is 11.9 Å². The third-order valence-corrected chi connectivity index (χ3v) is 3.34. The first-order chi connectivity index (χ1) is 9.47. The highest BCUT2D eigenvalue weighted by Gasteiger charge is 2.24. The zero-order valence-corrected chi connectivity index (χ0v) is 10.8. The molecule has 2 rings (SSSR count). The highest BCUT2D eigenvalue weighted by molar-refractivity contribution is 5.97. The molecule has 6 heteroatoms. The molecule has 3 N–H and O–H groups in total. The molecular formula is C14H15NO5. The molecule has 0 bridgehead atoms. The second-order valence-electron chi connectivity index (χ2n) is 4.80. The number of carboxylic acid groups (broad SMARTS) is 2. The maximum absolute atomic E-state index is 12.0. The minimum atomic E-state index is -1.42. The molecule has 0 spiro atoms. The van der Waals surface area contributed by atoms with Gasteiger partial charge in [0, 0.05) is 5.56 Å². The van der Waals surface area contributed by atoms with Gasteiger partial charge in [0.05, 0.1) is 6.42 Å². The van der Waals surface area contributed by atoms with Gasteiger partial charge in [-0.25, -0.2) is 4.79 Å². The molecule has 0 fully saturated rings. The van der Waals surface area contributed by atoms with E-state index in [9.17, 15) is 14.4 Å². The van der Waals surface area contributed by atoms with E-state index in [4.69, 9.17) is 10.2 Å². The van der Waals surface area contributed by atoms with Gasteiger partial charge in [-0.3, -0.25) is 9.59 Å². The van der Waals surface area contributed by atoms with Crippen molar-refractivity contribution in [3.05, 3.63) is 34.9 Å². The lowest BCUT2D eigenvalue weighted by molar-refractivity contribution is -0.145. The van der Waals surface area contributed by atoms with E-state index in [0.29, 0.717) is 5.56 Å². The van der Waals surface area contributed by atoms with Crippen LogP contribution in [0, 0.1) is 0 Å². The van der Waals surface area contributed by atoms with Crippen LogP contribution < -0.4 is 5.32 Å². The van der Waals surface area contributed by atoms with E-state index in [1.54, 1.807) is 12.1 Å². The predicted molar refractivity (Wildman–Crippen MR) is 69.6 cm³/mol. The van der Waals surface area contributed by atoms with Gasteiger partial charge in [0.2, 0.25) is 0 Å². The summed E-state index contributed by atoms with van der Waals surface area (Å²) in [7, 11) is 0. The molecule has 0 heterocycles. The van der Waals surface area contributed by atoms with E-state index in [1.165, 1.54) is 5.56 Å². The fraction of sp³-hybridized carbons (Fsp3) is 0.357. The van der Waals surface area contributed by atoms with Crippen LogP contribution in [0.4, 0.5) is 0 Å². The summed E-state index contributed by atoms with van der Waals surface area (Å²) in [4.78, 5) is 33.5. The summed E-state index contributed by atoms with van der Waals surface area (Å²) < 4.78 is 0. The number of carbonyl (C=O) groups is 3. The molecule has 0 saturated heterocycles. The number of hydrogen-bond donors (Lipinski definition) is 3. The number of rotatable bonds is 5. The summed E-state index contributed by atoms with van der Waals surface area (Å²) in [6.45, 7) is 0. The van der Waals surface area contributed by atoms with Crippen LogP contribution in [0.2, 0.25) is 0 Å². The average Bonchev–Trinajstić information content (AvgIpc) is 2.84. The lowest BCUT2D eigenvalue weighted by atomic mass is 10.1. The third kappa shape index (κ3) is 3.14.